The van der Waals surface area contributed by atoms with Crippen molar-refractivity contribution < 1.29 is 23.3 Å². The molecule has 0 fully saturated rings. The first-order valence-corrected chi connectivity index (χ1v) is 5.34. The van der Waals surface area contributed by atoms with Gasteiger partial charge in [0, 0.05) is 13.5 Å². The van der Waals surface area contributed by atoms with Crippen molar-refractivity contribution in [2.24, 2.45) is 0 Å². The molecule has 0 saturated heterocycles. The molecule has 0 aliphatic rings. The third kappa shape index (κ3) is 7.93. The maximum atomic E-state index is 10.9. The normalized spacial score (nSPS) is 15.0. The molecule has 7 heteroatoms. The maximum Gasteiger partial charge on any atom is 0.472 e. The highest BCUT2D eigenvalue weighted by atomic mass is 31.2. The predicted molar refractivity (Wildman–Crippen MR) is 46.1 cm³/mol. The average Bonchev–Trinajstić information content (AvgIpc) is 1.98. The van der Waals surface area contributed by atoms with Gasteiger partial charge in [0.25, 0.3) is 0 Å². The first kappa shape index (κ1) is 12.6. The van der Waals surface area contributed by atoms with Crippen LogP contribution in [0.5, 0.6) is 0 Å². The number of carbonyl (C=O) groups excluding carboxylic acids is 1. The van der Waals surface area contributed by atoms with E-state index < -0.39 is 7.82 Å². The van der Waals surface area contributed by atoms with Crippen LogP contribution in [0.1, 0.15) is 13.8 Å². The molecule has 1 amide bonds. The number of amides is 1. The van der Waals surface area contributed by atoms with E-state index in [2.05, 4.69) is 14.4 Å². The van der Waals surface area contributed by atoms with Crippen molar-refractivity contribution >= 4 is 13.7 Å². The van der Waals surface area contributed by atoms with Crippen molar-refractivity contribution in [2.45, 2.75) is 13.8 Å². The minimum atomic E-state index is -3.90. The Kier molecular flexibility index (Phi) is 5.90. The van der Waals surface area contributed by atoms with Gasteiger partial charge in [-0.15, -0.1) is 0 Å². The molecule has 0 saturated carbocycles. The molecule has 6 nitrogen and oxygen atoms in total. The maximum absolute atomic E-state index is 10.9. The van der Waals surface area contributed by atoms with Gasteiger partial charge in [-0.25, -0.2) is 4.57 Å². The summed E-state index contributed by atoms with van der Waals surface area (Å²) in [7, 11) is -3.90. The van der Waals surface area contributed by atoms with Gasteiger partial charge < -0.3 is 10.2 Å². The first-order chi connectivity index (χ1) is 5.98. The second-order valence-corrected chi connectivity index (χ2v) is 3.66. The molecule has 0 aromatic heterocycles. The summed E-state index contributed by atoms with van der Waals surface area (Å²) in [6, 6.07) is 0. The third-order valence-corrected chi connectivity index (χ3v) is 2.12. The van der Waals surface area contributed by atoms with Gasteiger partial charge in [0.1, 0.15) is 0 Å². The van der Waals surface area contributed by atoms with Crippen LogP contribution < -0.4 is 5.32 Å². The lowest BCUT2D eigenvalue weighted by molar-refractivity contribution is -0.119. The average molecular weight is 211 g/mol. The predicted octanol–water partition coefficient (Wildman–Crippen LogP) is 0.276. The molecule has 0 aromatic rings. The van der Waals surface area contributed by atoms with Crippen molar-refractivity contribution in [1.82, 2.24) is 5.32 Å². The molecule has 13 heavy (non-hydrogen) atoms. The van der Waals surface area contributed by atoms with Gasteiger partial charge in [0.2, 0.25) is 5.91 Å². The molecule has 1 unspecified atom stereocenters. The van der Waals surface area contributed by atoms with E-state index in [1.807, 2.05) is 0 Å². The molecular weight excluding hydrogens is 197 g/mol. The Balaban J connectivity index is 3.52. The fourth-order valence-corrected chi connectivity index (χ4v) is 1.31. The summed E-state index contributed by atoms with van der Waals surface area (Å²) in [6.07, 6.45) is 0. The summed E-state index contributed by atoms with van der Waals surface area (Å²) in [5.41, 5.74) is 0. The summed E-state index contributed by atoms with van der Waals surface area (Å²) in [5.74, 6) is -0.215. The van der Waals surface area contributed by atoms with Crippen LogP contribution in [0.2, 0.25) is 0 Å². The lowest BCUT2D eigenvalue weighted by atomic mass is 10.6. The van der Waals surface area contributed by atoms with E-state index in [-0.39, 0.29) is 25.7 Å². The second kappa shape index (κ2) is 6.10. The van der Waals surface area contributed by atoms with Crippen LogP contribution in [0.25, 0.3) is 0 Å². The van der Waals surface area contributed by atoms with E-state index >= 15 is 0 Å². The number of phosphoric acid groups is 1. The quantitative estimate of drug-likeness (QED) is 0.486. The molecule has 0 rings (SSSR count). The SMILES string of the molecule is CCOP(=O)(O)OCCNC(C)=O. The second-order valence-electron chi connectivity index (χ2n) is 2.20. The van der Waals surface area contributed by atoms with Crippen LogP contribution in [0, 0.1) is 0 Å². The van der Waals surface area contributed by atoms with Crippen LogP contribution in [0.4, 0.5) is 0 Å². The smallest absolute Gasteiger partial charge is 0.354 e. The summed E-state index contributed by atoms with van der Waals surface area (Å²) >= 11 is 0. The standard InChI is InChI=1S/C6H14NO5P/c1-3-11-13(9,10)12-5-4-7-6(2)8/h3-5H2,1-2H3,(H,7,8)(H,9,10). The van der Waals surface area contributed by atoms with E-state index in [4.69, 9.17) is 4.89 Å². The Morgan fingerprint density at radius 3 is 2.62 bits per heavy atom. The number of hydrogen-bond acceptors (Lipinski definition) is 4. The molecule has 0 aromatic carbocycles. The van der Waals surface area contributed by atoms with Crippen LogP contribution in [-0.2, 0) is 18.4 Å². The van der Waals surface area contributed by atoms with Gasteiger partial charge in [0.15, 0.2) is 0 Å². The molecule has 0 aliphatic carbocycles. The van der Waals surface area contributed by atoms with Crippen molar-refractivity contribution in [1.29, 1.82) is 0 Å². The van der Waals surface area contributed by atoms with E-state index in [0.29, 0.717) is 0 Å². The minimum absolute atomic E-state index is 0.0483. The highest BCUT2D eigenvalue weighted by molar-refractivity contribution is 7.47. The Morgan fingerprint density at radius 1 is 1.54 bits per heavy atom. The number of phosphoric ester groups is 1. The molecule has 0 heterocycles. The van der Waals surface area contributed by atoms with Crippen molar-refractivity contribution in [3.8, 4) is 0 Å². The van der Waals surface area contributed by atoms with Gasteiger partial charge >= 0.3 is 7.82 Å². The summed E-state index contributed by atoms with van der Waals surface area (Å²) < 4.78 is 19.8. The Hall–Kier alpha value is -0.420. The molecule has 78 valence electrons. The van der Waals surface area contributed by atoms with Crippen LogP contribution in [0.15, 0.2) is 0 Å². The molecule has 0 aliphatic heterocycles. The van der Waals surface area contributed by atoms with Crippen molar-refractivity contribution in [2.75, 3.05) is 19.8 Å². The van der Waals surface area contributed by atoms with Gasteiger partial charge in [-0.05, 0) is 6.92 Å². The molecule has 0 bridgehead atoms. The zero-order valence-corrected chi connectivity index (χ0v) is 8.54. The third-order valence-electron chi connectivity index (χ3n) is 1.02. The fourth-order valence-electron chi connectivity index (χ4n) is 0.588. The Labute approximate surface area is 76.8 Å². The number of hydrogen-bond donors (Lipinski definition) is 2. The van der Waals surface area contributed by atoms with E-state index in [1.165, 1.54) is 6.92 Å². The zero-order valence-electron chi connectivity index (χ0n) is 7.65. The Morgan fingerprint density at radius 2 is 2.15 bits per heavy atom. The topological polar surface area (TPSA) is 84.9 Å². The molecule has 2 N–H and O–H groups in total. The fraction of sp³-hybridized carbons (Fsp3) is 0.833. The van der Waals surface area contributed by atoms with E-state index in [0.717, 1.165) is 0 Å². The van der Waals surface area contributed by atoms with Gasteiger partial charge in [-0.3, -0.25) is 13.8 Å². The van der Waals surface area contributed by atoms with E-state index in [1.54, 1.807) is 6.92 Å². The first-order valence-electron chi connectivity index (χ1n) is 3.84. The molecule has 0 spiro atoms. The molecule has 1 atom stereocenters. The number of carbonyl (C=O) groups is 1. The highest BCUT2D eigenvalue weighted by Gasteiger charge is 2.18. The Bertz CT molecular complexity index is 207. The number of rotatable bonds is 6. The van der Waals surface area contributed by atoms with Crippen molar-refractivity contribution in [3.63, 3.8) is 0 Å². The van der Waals surface area contributed by atoms with Crippen molar-refractivity contribution in [3.05, 3.63) is 0 Å². The van der Waals surface area contributed by atoms with Gasteiger partial charge in [-0.1, -0.05) is 0 Å². The minimum Gasteiger partial charge on any atom is -0.354 e. The lowest BCUT2D eigenvalue weighted by Gasteiger charge is -2.10. The van der Waals surface area contributed by atoms with Gasteiger partial charge in [0.05, 0.1) is 13.2 Å². The monoisotopic (exact) mass is 211 g/mol. The zero-order chi connectivity index (χ0) is 10.3. The van der Waals surface area contributed by atoms with Crippen LogP contribution in [0.3, 0.4) is 0 Å². The van der Waals surface area contributed by atoms with Crippen LogP contribution >= 0.6 is 7.82 Å². The van der Waals surface area contributed by atoms with E-state index in [9.17, 15) is 9.36 Å². The number of nitrogens with one attached hydrogen (secondary N) is 1. The van der Waals surface area contributed by atoms with Gasteiger partial charge in [-0.2, -0.15) is 0 Å². The summed E-state index contributed by atoms with van der Waals surface area (Å²) in [6.45, 7) is 3.18. The molecule has 0 radical (unpaired) electrons. The lowest BCUT2D eigenvalue weighted by Crippen LogP contribution is -2.24. The highest BCUT2D eigenvalue weighted by Crippen LogP contribution is 2.42. The summed E-state index contributed by atoms with van der Waals surface area (Å²) in [5, 5.41) is 2.41. The largest absolute Gasteiger partial charge is 0.472 e. The summed E-state index contributed by atoms with van der Waals surface area (Å²) in [4.78, 5) is 19.2. The van der Waals surface area contributed by atoms with Crippen LogP contribution in [-0.4, -0.2) is 30.6 Å². The molecular formula is C6H14NO5P.